The number of alkyl halides is 3. The van der Waals surface area contributed by atoms with Gasteiger partial charge in [-0.15, -0.1) is 0 Å². The summed E-state index contributed by atoms with van der Waals surface area (Å²) < 4.78 is 65.7. The highest BCUT2D eigenvalue weighted by atomic mass is 32.2. The number of halogens is 3. The molecule has 19 heavy (non-hydrogen) atoms. The monoisotopic (exact) mass is 312 g/mol. The van der Waals surface area contributed by atoms with Gasteiger partial charge in [0.15, 0.2) is 12.4 Å². The first kappa shape index (κ1) is 16.6. The summed E-state index contributed by atoms with van der Waals surface area (Å²) in [5, 5.41) is 36.6. The molecule has 1 saturated heterocycles. The molecule has 114 valence electrons. The molecule has 0 spiro atoms. The van der Waals surface area contributed by atoms with Gasteiger partial charge in [-0.25, -0.2) is 0 Å². The second-order valence-electron chi connectivity index (χ2n) is 3.69. The maximum Gasteiger partial charge on any atom is 0.523 e. The van der Waals surface area contributed by atoms with E-state index in [9.17, 15) is 36.9 Å². The molecule has 5 atom stereocenters. The molecule has 12 heteroatoms. The molecule has 0 bridgehead atoms. The SMILES string of the molecule is O=S(=O)(O[C@H]1[C@@H](O)[C@H](O)[C@@H](CO)O[C@H]1O)C(F)(F)F. The van der Waals surface area contributed by atoms with Crippen molar-refractivity contribution in [2.45, 2.75) is 36.2 Å². The maximum absolute atomic E-state index is 12.1. The van der Waals surface area contributed by atoms with Crippen LogP contribution in [-0.4, -0.2) is 71.7 Å². The third-order valence-electron chi connectivity index (χ3n) is 2.36. The summed E-state index contributed by atoms with van der Waals surface area (Å²) in [7, 11) is -6.08. The summed E-state index contributed by atoms with van der Waals surface area (Å²) in [5.41, 5.74) is -5.76. The summed E-state index contributed by atoms with van der Waals surface area (Å²) in [5.74, 6) is 0. The average Bonchev–Trinajstić information content (AvgIpc) is 2.27. The van der Waals surface area contributed by atoms with Crippen molar-refractivity contribution in [3.63, 3.8) is 0 Å². The molecule has 0 unspecified atom stereocenters. The Morgan fingerprint density at radius 2 is 1.68 bits per heavy atom. The fraction of sp³-hybridized carbons (Fsp3) is 1.00. The molecule has 4 N–H and O–H groups in total. The quantitative estimate of drug-likeness (QED) is 0.336. The highest BCUT2D eigenvalue weighted by molar-refractivity contribution is 7.87. The molecule has 8 nitrogen and oxygen atoms in total. The summed E-state index contributed by atoms with van der Waals surface area (Å²) in [6.07, 6.45) is -10.3. The first-order valence-electron chi connectivity index (χ1n) is 4.81. The number of hydrogen-bond donors (Lipinski definition) is 4. The highest BCUT2D eigenvalue weighted by Crippen LogP contribution is 2.30. The van der Waals surface area contributed by atoms with Crippen molar-refractivity contribution in [1.29, 1.82) is 0 Å². The van der Waals surface area contributed by atoms with Gasteiger partial charge < -0.3 is 25.2 Å². The fourth-order valence-corrected chi connectivity index (χ4v) is 1.99. The lowest BCUT2D eigenvalue weighted by Gasteiger charge is -2.39. The molecule has 0 aromatic carbocycles. The second kappa shape index (κ2) is 5.47. The Kier molecular flexibility index (Phi) is 4.77. The lowest BCUT2D eigenvalue weighted by atomic mass is 9.99. The molecule has 0 aliphatic carbocycles. The number of ether oxygens (including phenoxy) is 1. The lowest BCUT2D eigenvalue weighted by Crippen LogP contribution is -2.60. The first-order chi connectivity index (χ1) is 8.51. The maximum atomic E-state index is 12.1. The van der Waals surface area contributed by atoms with Gasteiger partial charge in [0.1, 0.15) is 18.3 Å². The topological polar surface area (TPSA) is 134 Å². The predicted octanol–water partition coefficient (Wildman–Crippen LogP) is -2.35. The molecular weight excluding hydrogens is 301 g/mol. The number of rotatable bonds is 3. The zero-order valence-corrected chi connectivity index (χ0v) is 9.87. The molecule has 1 heterocycles. The Labute approximate surface area is 105 Å². The normalized spacial score (nSPS) is 37.3. The second-order valence-corrected chi connectivity index (χ2v) is 5.25. The van der Waals surface area contributed by atoms with Crippen LogP contribution in [0.15, 0.2) is 0 Å². The molecule has 1 rings (SSSR count). The largest absolute Gasteiger partial charge is 0.523 e. The average molecular weight is 312 g/mol. The third kappa shape index (κ3) is 3.34. The minimum atomic E-state index is -6.08. The van der Waals surface area contributed by atoms with E-state index in [4.69, 9.17) is 5.11 Å². The highest BCUT2D eigenvalue weighted by Gasteiger charge is 2.53. The van der Waals surface area contributed by atoms with Gasteiger partial charge in [-0.2, -0.15) is 21.6 Å². The van der Waals surface area contributed by atoms with E-state index in [0.29, 0.717) is 0 Å². The van der Waals surface area contributed by atoms with Crippen LogP contribution >= 0.6 is 0 Å². The van der Waals surface area contributed by atoms with Crippen LogP contribution in [0, 0.1) is 0 Å². The van der Waals surface area contributed by atoms with E-state index < -0.39 is 52.9 Å². The predicted molar refractivity (Wildman–Crippen MR) is 49.8 cm³/mol. The van der Waals surface area contributed by atoms with Crippen molar-refractivity contribution in [2.75, 3.05) is 6.61 Å². The van der Waals surface area contributed by atoms with Crippen molar-refractivity contribution in [3.8, 4) is 0 Å². The van der Waals surface area contributed by atoms with Crippen LogP contribution in [0.1, 0.15) is 0 Å². The van der Waals surface area contributed by atoms with Crippen LogP contribution in [0.25, 0.3) is 0 Å². The van der Waals surface area contributed by atoms with Gasteiger partial charge in [0.25, 0.3) is 0 Å². The van der Waals surface area contributed by atoms with E-state index in [1.807, 2.05) is 0 Å². The van der Waals surface area contributed by atoms with Gasteiger partial charge in [0, 0.05) is 0 Å². The van der Waals surface area contributed by atoms with Crippen LogP contribution < -0.4 is 0 Å². The van der Waals surface area contributed by atoms with E-state index in [1.54, 1.807) is 0 Å². The van der Waals surface area contributed by atoms with E-state index in [-0.39, 0.29) is 0 Å². The van der Waals surface area contributed by atoms with Gasteiger partial charge in [-0.05, 0) is 0 Å². The van der Waals surface area contributed by atoms with Crippen molar-refractivity contribution in [3.05, 3.63) is 0 Å². The van der Waals surface area contributed by atoms with E-state index in [1.165, 1.54) is 0 Å². The van der Waals surface area contributed by atoms with Crippen molar-refractivity contribution in [1.82, 2.24) is 0 Å². The van der Waals surface area contributed by atoms with Gasteiger partial charge in [0.05, 0.1) is 6.61 Å². The van der Waals surface area contributed by atoms with Gasteiger partial charge >= 0.3 is 15.6 Å². The van der Waals surface area contributed by atoms with E-state index >= 15 is 0 Å². The summed E-state index contributed by atoms with van der Waals surface area (Å²) >= 11 is 0. The fourth-order valence-electron chi connectivity index (χ4n) is 1.38. The molecule has 1 aliphatic heterocycles. The van der Waals surface area contributed by atoms with Crippen LogP contribution in [0.2, 0.25) is 0 Å². The Balaban J connectivity index is 2.90. The summed E-state index contributed by atoms with van der Waals surface area (Å²) in [4.78, 5) is 0. The Morgan fingerprint density at radius 1 is 1.16 bits per heavy atom. The molecular formula is C7H11F3O8S. The molecule has 0 radical (unpaired) electrons. The first-order valence-corrected chi connectivity index (χ1v) is 6.22. The molecule has 0 amide bonds. The minimum absolute atomic E-state index is 0.853. The van der Waals surface area contributed by atoms with Crippen molar-refractivity contribution < 1.29 is 50.9 Å². The molecule has 0 aromatic heterocycles. The van der Waals surface area contributed by atoms with Crippen molar-refractivity contribution in [2.24, 2.45) is 0 Å². The molecule has 1 aliphatic rings. The zero-order chi connectivity index (χ0) is 15.0. The molecule has 1 fully saturated rings. The van der Waals surface area contributed by atoms with Gasteiger partial charge in [-0.3, -0.25) is 4.18 Å². The van der Waals surface area contributed by atoms with Gasteiger partial charge in [-0.1, -0.05) is 0 Å². The lowest BCUT2D eigenvalue weighted by molar-refractivity contribution is -0.281. The van der Waals surface area contributed by atoms with Crippen LogP contribution in [0.3, 0.4) is 0 Å². The zero-order valence-electron chi connectivity index (χ0n) is 9.06. The smallest absolute Gasteiger partial charge is 0.394 e. The summed E-state index contributed by atoms with van der Waals surface area (Å²) in [6, 6.07) is 0. The summed E-state index contributed by atoms with van der Waals surface area (Å²) in [6.45, 7) is -0.853. The molecule has 0 saturated carbocycles. The number of aliphatic hydroxyl groups is 4. The minimum Gasteiger partial charge on any atom is -0.394 e. The van der Waals surface area contributed by atoms with Crippen molar-refractivity contribution >= 4 is 10.1 Å². The Hall–Kier alpha value is -0.500. The standard InChI is InChI=1S/C7H11F3O8S/c8-7(9,10)19(15,16)18-5-4(13)3(12)2(1-11)17-6(5)14/h2-6,11-14H,1H2/t2-,3-,4+,5+,6-/m1/s1. The van der Waals surface area contributed by atoms with Crippen LogP contribution in [0.4, 0.5) is 13.2 Å². The van der Waals surface area contributed by atoms with Crippen LogP contribution in [-0.2, 0) is 19.0 Å². The van der Waals surface area contributed by atoms with E-state index in [0.717, 1.165) is 0 Å². The number of hydrogen-bond acceptors (Lipinski definition) is 8. The Morgan fingerprint density at radius 3 is 2.11 bits per heavy atom. The molecule has 0 aromatic rings. The third-order valence-corrected chi connectivity index (χ3v) is 3.41. The van der Waals surface area contributed by atoms with Crippen LogP contribution in [0.5, 0.6) is 0 Å². The Bertz CT molecular complexity index is 409. The number of aliphatic hydroxyl groups excluding tert-OH is 4. The van der Waals surface area contributed by atoms with Gasteiger partial charge in [0.2, 0.25) is 0 Å². The van der Waals surface area contributed by atoms with E-state index in [2.05, 4.69) is 8.92 Å².